The Morgan fingerprint density at radius 3 is 2.69 bits per heavy atom. The minimum absolute atomic E-state index is 0.0195. The molecule has 1 aliphatic rings. The number of pyridine rings is 1. The normalized spacial score (nSPS) is 18.0. The van der Waals surface area contributed by atoms with Crippen molar-refractivity contribution in [3.05, 3.63) is 36.4 Å². The smallest absolute Gasteiger partial charge is 0.252 e. The summed E-state index contributed by atoms with van der Waals surface area (Å²) in [5.74, 6) is -0.0195. The third-order valence-electron chi connectivity index (χ3n) is 4.69. The summed E-state index contributed by atoms with van der Waals surface area (Å²) >= 11 is 1.51. The van der Waals surface area contributed by atoms with Crippen LogP contribution in [0.25, 0.3) is 10.9 Å². The zero-order valence-electron chi connectivity index (χ0n) is 15.6. The van der Waals surface area contributed by atoms with Gasteiger partial charge >= 0.3 is 0 Å². The summed E-state index contributed by atoms with van der Waals surface area (Å²) in [7, 11) is 5.59. The van der Waals surface area contributed by atoms with E-state index in [4.69, 9.17) is 9.72 Å². The molecular formula is C19H26N4O2S. The molecule has 0 bridgehead atoms. The van der Waals surface area contributed by atoms with Crippen LogP contribution in [-0.2, 0) is 9.53 Å². The molecule has 1 N–H and O–H groups in total. The quantitative estimate of drug-likeness (QED) is 0.613. The predicted octanol–water partition coefficient (Wildman–Crippen LogP) is 1.66. The number of amides is 1. The number of nitrogens with one attached hydrogen (secondary N) is 1. The van der Waals surface area contributed by atoms with Crippen molar-refractivity contribution in [3.63, 3.8) is 0 Å². The SMILES string of the molecule is CNC(=O)C(CN1CCOCC1)(Sc1ccc2ccccc2n1)N(C)C. The highest BCUT2D eigenvalue weighted by Gasteiger charge is 2.43. The topological polar surface area (TPSA) is 57.7 Å². The molecule has 1 aliphatic heterocycles. The molecule has 0 aliphatic carbocycles. The van der Waals surface area contributed by atoms with Gasteiger partial charge in [-0.3, -0.25) is 14.6 Å². The number of aromatic nitrogens is 1. The number of carbonyl (C=O) groups is 1. The summed E-state index contributed by atoms with van der Waals surface area (Å²) in [5.41, 5.74) is 0.938. The van der Waals surface area contributed by atoms with Gasteiger partial charge in [0.1, 0.15) is 0 Å². The molecule has 0 spiro atoms. The minimum atomic E-state index is -0.762. The van der Waals surface area contributed by atoms with E-state index in [0.717, 1.165) is 29.0 Å². The van der Waals surface area contributed by atoms with Gasteiger partial charge in [0.2, 0.25) is 0 Å². The van der Waals surface area contributed by atoms with Gasteiger partial charge in [-0.1, -0.05) is 36.0 Å². The number of para-hydroxylation sites is 1. The Balaban J connectivity index is 1.93. The first-order valence-electron chi connectivity index (χ1n) is 8.80. The van der Waals surface area contributed by atoms with E-state index in [1.807, 2.05) is 49.3 Å². The lowest BCUT2D eigenvalue weighted by atomic mass is 10.2. The van der Waals surface area contributed by atoms with Crippen molar-refractivity contribution in [1.82, 2.24) is 20.1 Å². The summed E-state index contributed by atoms with van der Waals surface area (Å²) in [6, 6.07) is 12.1. The second-order valence-electron chi connectivity index (χ2n) is 6.59. The fourth-order valence-corrected chi connectivity index (χ4v) is 4.37. The Bertz CT molecular complexity index is 764. The molecule has 1 aromatic heterocycles. The number of ether oxygens (including phenoxy) is 1. The molecule has 1 amide bonds. The Hall–Kier alpha value is -1.67. The number of fused-ring (bicyclic) bond motifs is 1. The van der Waals surface area contributed by atoms with Gasteiger partial charge in [0.15, 0.2) is 4.87 Å². The zero-order valence-corrected chi connectivity index (χ0v) is 16.4. The largest absolute Gasteiger partial charge is 0.379 e. The van der Waals surface area contributed by atoms with Crippen LogP contribution in [-0.4, -0.2) is 79.6 Å². The van der Waals surface area contributed by atoms with Crippen molar-refractivity contribution in [2.75, 3.05) is 54.0 Å². The van der Waals surface area contributed by atoms with Crippen LogP contribution in [0.4, 0.5) is 0 Å². The highest BCUT2D eigenvalue weighted by Crippen LogP contribution is 2.36. The van der Waals surface area contributed by atoms with E-state index < -0.39 is 4.87 Å². The molecule has 1 atom stereocenters. The standard InChI is InChI=1S/C19H26N4O2S/c1-20-18(24)19(22(2)3,14-23-10-12-25-13-11-23)26-17-9-8-15-6-4-5-7-16(15)21-17/h4-9H,10-14H2,1-3H3,(H,20,24). The van der Waals surface area contributed by atoms with Crippen molar-refractivity contribution in [3.8, 4) is 0 Å². The molecule has 26 heavy (non-hydrogen) atoms. The number of rotatable bonds is 6. The summed E-state index contributed by atoms with van der Waals surface area (Å²) < 4.78 is 5.45. The molecule has 1 fully saturated rings. The third-order valence-corrected chi connectivity index (χ3v) is 6.15. The van der Waals surface area contributed by atoms with Crippen molar-refractivity contribution < 1.29 is 9.53 Å². The highest BCUT2D eigenvalue weighted by molar-refractivity contribution is 8.01. The first-order chi connectivity index (χ1) is 12.5. The van der Waals surface area contributed by atoms with E-state index in [-0.39, 0.29) is 5.91 Å². The van der Waals surface area contributed by atoms with Crippen molar-refractivity contribution >= 4 is 28.6 Å². The van der Waals surface area contributed by atoms with Gasteiger partial charge in [-0.05, 0) is 26.2 Å². The molecule has 3 rings (SSSR count). The average Bonchev–Trinajstić information content (AvgIpc) is 2.67. The fraction of sp³-hybridized carbons (Fsp3) is 0.474. The summed E-state index contributed by atoms with van der Waals surface area (Å²) in [6.45, 7) is 3.69. The molecule has 140 valence electrons. The monoisotopic (exact) mass is 374 g/mol. The molecule has 1 unspecified atom stereocenters. The van der Waals surface area contributed by atoms with E-state index in [2.05, 4.69) is 16.3 Å². The van der Waals surface area contributed by atoms with Crippen LogP contribution >= 0.6 is 11.8 Å². The van der Waals surface area contributed by atoms with Crippen LogP contribution in [0.3, 0.4) is 0 Å². The van der Waals surface area contributed by atoms with Crippen LogP contribution in [0.1, 0.15) is 0 Å². The molecule has 6 nitrogen and oxygen atoms in total. The van der Waals surface area contributed by atoms with Gasteiger partial charge in [-0.2, -0.15) is 0 Å². The molecule has 7 heteroatoms. The van der Waals surface area contributed by atoms with Crippen molar-refractivity contribution in [2.24, 2.45) is 0 Å². The second-order valence-corrected chi connectivity index (χ2v) is 7.89. The van der Waals surface area contributed by atoms with Gasteiger partial charge in [0.05, 0.1) is 23.8 Å². The average molecular weight is 375 g/mol. The Kier molecular flexibility index (Phi) is 6.13. The predicted molar refractivity (Wildman–Crippen MR) is 105 cm³/mol. The van der Waals surface area contributed by atoms with Crippen LogP contribution in [0, 0.1) is 0 Å². The molecule has 1 saturated heterocycles. The van der Waals surface area contributed by atoms with Gasteiger partial charge in [-0.15, -0.1) is 0 Å². The Morgan fingerprint density at radius 1 is 1.27 bits per heavy atom. The third kappa shape index (κ3) is 4.01. The number of carbonyl (C=O) groups excluding carboxylic acids is 1. The molecule has 0 saturated carbocycles. The molecule has 0 radical (unpaired) electrons. The van der Waals surface area contributed by atoms with Crippen LogP contribution in [0.15, 0.2) is 41.4 Å². The molecular weight excluding hydrogens is 348 g/mol. The van der Waals surface area contributed by atoms with E-state index in [1.165, 1.54) is 11.8 Å². The van der Waals surface area contributed by atoms with Gasteiger partial charge in [0, 0.05) is 32.1 Å². The number of nitrogens with zero attached hydrogens (tertiary/aromatic N) is 3. The van der Waals surface area contributed by atoms with Gasteiger partial charge in [0.25, 0.3) is 5.91 Å². The van der Waals surface area contributed by atoms with Gasteiger partial charge in [-0.25, -0.2) is 4.98 Å². The first kappa shape index (κ1) is 19.1. The Morgan fingerprint density at radius 2 is 2.00 bits per heavy atom. The van der Waals surface area contributed by atoms with Crippen molar-refractivity contribution in [2.45, 2.75) is 9.90 Å². The maximum absolute atomic E-state index is 13.0. The van der Waals surface area contributed by atoms with E-state index in [1.54, 1.807) is 7.05 Å². The zero-order chi connectivity index (χ0) is 18.6. The highest BCUT2D eigenvalue weighted by atomic mass is 32.2. The summed E-state index contributed by atoms with van der Waals surface area (Å²) in [4.78, 5) is 21.2. The van der Waals surface area contributed by atoms with Crippen LogP contribution in [0.5, 0.6) is 0 Å². The maximum atomic E-state index is 13.0. The minimum Gasteiger partial charge on any atom is -0.379 e. The van der Waals surface area contributed by atoms with Crippen LogP contribution < -0.4 is 5.32 Å². The lowest BCUT2D eigenvalue weighted by molar-refractivity contribution is -0.128. The number of morpholine rings is 1. The van der Waals surface area contributed by atoms with Gasteiger partial charge < -0.3 is 10.1 Å². The molecule has 1 aromatic carbocycles. The lowest BCUT2D eigenvalue weighted by Gasteiger charge is -2.41. The second kappa shape index (κ2) is 8.35. The first-order valence-corrected chi connectivity index (χ1v) is 9.61. The fourth-order valence-electron chi connectivity index (χ4n) is 3.12. The number of likely N-dealkylation sites (N-methyl/N-ethyl adjacent to an activating group) is 2. The number of benzene rings is 1. The molecule has 2 heterocycles. The van der Waals surface area contributed by atoms with E-state index in [0.29, 0.717) is 19.8 Å². The number of thioether (sulfide) groups is 1. The van der Waals surface area contributed by atoms with E-state index in [9.17, 15) is 4.79 Å². The van der Waals surface area contributed by atoms with Crippen molar-refractivity contribution in [1.29, 1.82) is 0 Å². The lowest BCUT2D eigenvalue weighted by Crippen LogP contribution is -2.60. The summed E-state index contributed by atoms with van der Waals surface area (Å²) in [6.07, 6.45) is 0. The van der Waals surface area contributed by atoms with E-state index >= 15 is 0 Å². The number of hydrogen-bond donors (Lipinski definition) is 1. The number of hydrogen-bond acceptors (Lipinski definition) is 6. The van der Waals surface area contributed by atoms with Crippen LogP contribution in [0.2, 0.25) is 0 Å². The molecule has 2 aromatic rings. The summed E-state index contributed by atoms with van der Waals surface area (Å²) in [5, 5.41) is 4.79. The maximum Gasteiger partial charge on any atom is 0.252 e. The Labute approximate surface area is 158 Å².